The van der Waals surface area contributed by atoms with Crippen LogP contribution in [0.2, 0.25) is 0 Å². The zero-order chi connectivity index (χ0) is 11.3. The second-order valence-corrected chi connectivity index (χ2v) is 3.97. The van der Waals surface area contributed by atoms with Gasteiger partial charge < -0.3 is 10.1 Å². The molecule has 15 heavy (non-hydrogen) atoms. The molecule has 0 aliphatic heterocycles. The van der Waals surface area contributed by atoms with Crippen molar-refractivity contribution in [3.63, 3.8) is 0 Å². The van der Waals surface area contributed by atoms with Crippen molar-refractivity contribution >= 4 is 0 Å². The van der Waals surface area contributed by atoms with Crippen molar-refractivity contribution in [2.24, 2.45) is 0 Å². The van der Waals surface area contributed by atoms with Crippen LogP contribution < -0.4 is 10.1 Å². The van der Waals surface area contributed by atoms with Crippen LogP contribution in [0.4, 0.5) is 0 Å². The standard InChI is InChI=1S/C13H21NO/c1-5-10(2)14-11(3)12-6-8-13(15-4)9-7-12/h6-11,14H,5H2,1-4H3/t10-,11+/m0/s1. The molecule has 1 aromatic rings. The summed E-state index contributed by atoms with van der Waals surface area (Å²) >= 11 is 0. The van der Waals surface area contributed by atoms with Gasteiger partial charge in [-0.05, 0) is 38.0 Å². The van der Waals surface area contributed by atoms with E-state index in [1.165, 1.54) is 5.56 Å². The molecule has 0 saturated heterocycles. The third-order valence-electron chi connectivity index (χ3n) is 2.76. The molecule has 0 aromatic heterocycles. The Kier molecular flexibility index (Phi) is 4.63. The van der Waals surface area contributed by atoms with Gasteiger partial charge in [0.05, 0.1) is 7.11 Å². The molecular weight excluding hydrogens is 186 g/mol. The lowest BCUT2D eigenvalue weighted by Crippen LogP contribution is -2.28. The van der Waals surface area contributed by atoms with Crippen molar-refractivity contribution in [1.29, 1.82) is 0 Å². The molecule has 2 nitrogen and oxygen atoms in total. The van der Waals surface area contributed by atoms with E-state index < -0.39 is 0 Å². The summed E-state index contributed by atoms with van der Waals surface area (Å²) in [4.78, 5) is 0. The molecule has 0 fully saturated rings. The average molecular weight is 207 g/mol. The van der Waals surface area contributed by atoms with Gasteiger partial charge in [-0.25, -0.2) is 0 Å². The highest BCUT2D eigenvalue weighted by molar-refractivity contribution is 5.28. The maximum atomic E-state index is 5.13. The molecule has 2 heteroatoms. The maximum Gasteiger partial charge on any atom is 0.118 e. The molecule has 0 aliphatic carbocycles. The predicted molar refractivity (Wildman–Crippen MR) is 64.3 cm³/mol. The van der Waals surface area contributed by atoms with Crippen LogP contribution in [-0.2, 0) is 0 Å². The lowest BCUT2D eigenvalue weighted by Gasteiger charge is -2.19. The summed E-state index contributed by atoms with van der Waals surface area (Å²) in [6.07, 6.45) is 1.15. The minimum absolute atomic E-state index is 0.394. The Morgan fingerprint density at radius 1 is 1.20 bits per heavy atom. The molecule has 1 N–H and O–H groups in total. The smallest absolute Gasteiger partial charge is 0.118 e. The molecule has 0 spiro atoms. The van der Waals surface area contributed by atoms with E-state index in [-0.39, 0.29) is 0 Å². The van der Waals surface area contributed by atoms with E-state index in [1.807, 2.05) is 12.1 Å². The maximum absolute atomic E-state index is 5.13. The zero-order valence-corrected chi connectivity index (χ0v) is 10.1. The van der Waals surface area contributed by atoms with Crippen LogP contribution in [-0.4, -0.2) is 13.2 Å². The molecule has 1 aromatic carbocycles. The van der Waals surface area contributed by atoms with Crippen LogP contribution in [0.25, 0.3) is 0 Å². The third-order valence-corrected chi connectivity index (χ3v) is 2.76. The van der Waals surface area contributed by atoms with Gasteiger partial charge in [-0.3, -0.25) is 0 Å². The summed E-state index contributed by atoms with van der Waals surface area (Å²) in [5, 5.41) is 3.54. The van der Waals surface area contributed by atoms with Gasteiger partial charge in [-0.1, -0.05) is 19.1 Å². The summed E-state index contributed by atoms with van der Waals surface area (Å²) in [6, 6.07) is 9.18. The van der Waals surface area contributed by atoms with E-state index in [1.54, 1.807) is 7.11 Å². The second-order valence-electron chi connectivity index (χ2n) is 3.97. The molecule has 0 saturated carbocycles. The third kappa shape index (κ3) is 3.56. The van der Waals surface area contributed by atoms with Crippen LogP contribution in [0.1, 0.15) is 38.8 Å². The molecule has 84 valence electrons. The van der Waals surface area contributed by atoms with Crippen LogP contribution in [0.3, 0.4) is 0 Å². The molecule has 0 bridgehead atoms. The van der Waals surface area contributed by atoms with Gasteiger partial charge in [0.25, 0.3) is 0 Å². The first-order valence-corrected chi connectivity index (χ1v) is 5.57. The lowest BCUT2D eigenvalue weighted by atomic mass is 10.1. The average Bonchev–Trinajstić information content (AvgIpc) is 2.29. The number of rotatable bonds is 5. The molecule has 1 rings (SSSR count). The van der Waals surface area contributed by atoms with E-state index in [2.05, 4.69) is 38.2 Å². The predicted octanol–water partition coefficient (Wildman–Crippen LogP) is 3.14. The highest BCUT2D eigenvalue weighted by Crippen LogP contribution is 2.17. The van der Waals surface area contributed by atoms with E-state index in [9.17, 15) is 0 Å². The number of methoxy groups -OCH3 is 1. The van der Waals surface area contributed by atoms with Gasteiger partial charge in [0, 0.05) is 12.1 Å². The first-order chi connectivity index (χ1) is 7.17. The molecule has 0 radical (unpaired) electrons. The van der Waals surface area contributed by atoms with Crippen LogP contribution in [0, 0.1) is 0 Å². The Morgan fingerprint density at radius 2 is 1.80 bits per heavy atom. The minimum Gasteiger partial charge on any atom is -0.497 e. The van der Waals surface area contributed by atoms with Gasteiger partial charge in [0.15, 0.2) is 0 Å². The summed E-state index contributed by atoms with van der Waals surface area (Å²) in [7, 11) is 1.69. The minimum atomic E-state index is 0.394. The number of nitrogens with one attached hydrogen (secondary N) is 1. The van der Waals surface area contributed by atoms with Crippen molar-refractivity contribution in [3.8, 4) is 5.75 Å². The normalized spacial score (nSPS) is 14.7. The van der Waals surface area contributed by atoms with Gasteiger partial charge in [0.1, 0.15) is 5.75 Å². The number of hydrogen-bond donors (Lipinski definition) is 1. The molecular formula is C13H21NO. The summed E-state index contributed by atoms with van der Waals surface area (Å²) < 4.78 is 5.13. The quantitative estimate of drug-likeness (QED) is 0.801. The Bertz CT molecular complexity index is 281. The fourth-order valence-corrected chi connectivity index (χ4v) is 1.53. The Labute approximate surface area is 92.6 Å². The van der Waals surface area contributed by atoms with E-state index >= 15 is 0 Å². The monoisotopic (exact) mass is 207 g/mol. The van der Waals surface area contributed by atoms with Crippen molar-refractivity contribution in [3.05, 3.63) is 29.8 Å². The fraction of sp³-hybridized carbons (Fsp3) is 0.538. The highest BCUT2D eigenvalue weighted by atomic mass is 16.5. The first-order valence-electron chi connectivity index (χ1n) is 5.57. The molecule has 0 amide bonds. The number of ether oxygens (including phenoxy) is 1. The summed E-state index contributed by atoms with van der Waals surface area (Å²) in [5.41, 5.74) is 1.30. The molecule has 0 unspecified atom stereocenters. The first kappa shape index (κ1) is 12.1. The SMILES string of the molecule is CC[C@H](C)N[C@H](C)c1ccc(OC)cc1. The van der Waals surface area contributed by atoms with Gasteiger partial charge >= 0.3 is 0 Å². The van der Waals surface area contributed by atoms with Crippen LogP contribution >= 0.6 is 0 Å². The van der Waals surface area contributed by atoms with Crippen molar-refractivity contribution in [2.45, 2.75) is 39.3 Å². The van der Waals surface area contributed by atoms with Crippen molar-refractivity contribution < 1.29 is 4.74 Å². The van der Waals surface area contributed by atoms with Crippen LogP contribution in [0.5, 0.6) is 5.75 Å². The zero-order valence-electron chi connectivity index (χ0n) is 10.1. The second kappa shape index (κ2) is 5.76. The lowest BCUT2D eigenvalue weighted by molar-refractivity contribution is 0.414. The molecule has 2 atom stereocenters. The van der Waals surface area contributed by atoms with Gasteiger partial charge in [-0.2, -0.15) is 0 Å². The highest BCUT2D eigenvalue weighted by Gasteiger charge is 2.07. The Morgan fingerprint density at radius 3 is 2.27 bits per heavy atom. The topological polar surface area (TPSA) is 21.3 Å². The summed E-state index contributed by atoms with van der Waals surface area (Å²) in [5.74, 6) is 0.912. The summed E-state index contributed by atoms with van der Waals surface area (Å²) in [6.45, 7) is 6.59. The molecule has 0 heterocycles. The van der Waals surface area contributed by atoms with Gasteiger partial charge in [0.2, 0.25) is 0 Å². The van der Waals surface area contributed by atoms with Crippen LogP contribution in [0.15, 0.2) is 24.3 Å². The number of benzene rings is 1. The molecule has 0 aliphatic rings. The van der Waals surface area contributed by atoms with E-state index in [4.69, 9.17) is 4.74 Å². The fourth-order valence-electron chi connectivity index (χ4n) is 1.53. The Hall–Kier alpha value is -1.02. The van der Waals surface area contributed by atoms with Crippen molar-refractivity contribution in [2.75, 3.05) is 7.11 Å². The Balaban J connectivity index is 2.61. The van der Waals surface area contributed by atoms with E-state index in [0.717, 1.165) is 12.2 Å². The van der Waals surface area contributed by atoms with E-state index in [0.29, 0.717) is 12.1 Å². The largest absolute Gasteiger partial charge is 0.497 e. The van der Waals surface area contributed by atoms with Gasteiger partial charge in [-0.15, -0.1) is 0 Å². The van der Waals surface area contributed by atoms with Crippen molar-refractivity contribution in [1.82, 2.24) is 5.32 Å². The number of hydrogen-bond acceptors (Lipinski definition) is 2.